The summed E-state index contributed by atoms with van der Waals surface area (Å²) in [5, 5.41) is 0. The van der Waals surface area contributed by atoms with Crippen LogP contribution in [0.15, 0.2) is 16.7 Å². The molecule has 1 aliphatic heterocycles. The lowest BCUT2D eigenvalue weighted by Crippen LogP contribution is -2.59. The molecule has 1 amide bonds. The molecule has 0 aliphatic carbocycles. The molecule has 5 nitrogen and oxygen atoms in total. The molecular weight excluding hydrogens is 365 g/mol. The minimum Gasteiger partial charge on any atom is -0.444 e. The van der Waals surface area contributed by atoms with E-state index in [0.29, 0.717) is 23.5 Å². The summed E-state index contributed by atoms with van der Waals surface area (Å²) in [6.45, 7) is 10.4. The zero-order valence-electron chi connectivity index (χ0n) is 14.1. The molecule has 0 bridgehead atoms. The molecule has 1 aromatic rings. The molecule has 7 heteroatoms. The van der Waals surface area contributed by atoms with E-state index >= 15 is 0 Å². The van der Waals surface area contributed by atoms with Crippen LogP contribution in [0.2, 0.25) is 0 Å². The van der Waals surface area contributed by atoms with Crippen molar-refractivity contribution in [3.8, 4) is 0 Å². The van der Waals surface area contributed by atoms with E-state index in [2.05, 4.69) is 20.9 Å². The van der Waals surface area contributed by atoms with Crippen molar-refractivity contribution in [2.24, 2.45) is 0 Å². The molecule has 0 unspecified atom stereocenters. The smallest absolute Gasteiger partial charge is 0.410 e. The lowest BCUT2D eigenvalue weighted by molar-refractivity contribution is 0.00557. The number of rotatable bonds is 1. The van der Waals surface area contributed by atoms with Gasteiger partial charge in [0.15, 0.2) is 11.6 Å². The lowest BCUT2D eigenvalue weighted by atomic mass is 10.1. The van der Waals surface area contributed by atoms with Gasteiger partial charge in [-0.05, 0) is 62.7 Å². The van der Waals surface area contributed by atoms with Gasteiger partial charge in [0.25, 0.3) is 0 Å². The van der Waals surface area contributed by atoms with Crippen molar-refractivity contribution in [1.82, 2.24) is 9.88 Å². The SMILES string of the molecule is C[C@@H]1CN(c2nc(Br)ccc2F)C[C@H](C)N1C(=O)OC(C)(C)C. The van der Waals surface area contributed by atoms with E-state index < -0.39 is 5.60 Å². The standard InChI is InChI=1S/C16H23BrFN3O2/c1-10-8-20(14-12(18)6-7-13(17)19-14)9-11(2)21(10)15(22)23-16(3,4)5/h6-7,10-11H,8-9H2,1-5H3/t10-,11+. The summed E-state index contributed by atoms with van der Waals surface area (Å²) < 4.78 is 20.1. The molecule has 0 saturated carbocycles. The van der Waals surface area contributed by atoms with Crippen molar-refractivity contribution >= 4 is 27.8 Å². The van der Waals surface area contributed by atoms with Gasteiger partial charge in [-0.25, -0.2) is 14.2 Å². The number of carbonyl (C=O) groups excluding carboxylic acids is 1. The normalized spacial score (nSPS) is 22.2. The predicted octanol–water partition coefficient (Wildman–Crippen LogP) is 3.82. The van der Waals surface area contributed by atoms with E-state index in [0.717, 1.165) is 0 Å². The number of ether oxygens (including phenoxy) is 1. The van der Waals surface area contributed by atoms with Gasteiger partial charge in [0, 0.05) is 13.1 Å². The maximum atomic E-state index is 14.1. The molecule has 0 spiro atoms. The van der Waals surface area contributed by atoms with Gasteiger partial charge in [0.05, 0.1) is 12.1 Å². The Bertz CT molecular complexity index is 579. The highest BCUT2D eigenvalue weighted by molar-refractivity contribution is 9.10. The molecule has 1 fully saturated rings. The topological polar surface area (TPSA) is 45.7 Å². The number of carbonyl (C=O) groups is 1. The Morgan fingerprint density at radius 1 is 1.30 bits per heavy atom. The first kappa shape index (κ1) is 18.0. The van der Waals surface area contributed by atoms with Gasteiger partial charge in [-0.1, -0.05) is 0 Å². The minimum absolute atomic E-state index is 0.103. The fraction of sp³-hybridized carbons (Fsp3) is 0.625. The van der Waals surface area contributed by atoms with E-state index in [1.54, 1.807) is 11.0 Å². The van der Waals surface area contributed by atoms with E-state index in [9.17, 15) is 9.18 Å². The van der Waals surface area contributed by atoms with Crippen LogP contribution in [0.1, 0.15) is 34.6 Å². The third kappa shape index (κ3) is 4.34. The first-order valence-electron chi connectivity index (χ1n) is 7.67. The predicted molar refractivity (Wildman–Crippen MR) is 91.1 cm³/mol. The van der Waals surface area contributed by atoms with Crippen LogP contribution < -0.4 is 4.90 Å². The van der Waals surface area contributed by atoms with Crippen molar-refractivity contribution < 1.29 is 13.9 Å². The van der Waals surface area contributed by atoms with Crippen LogP contribution in [-0.2, 0) is 4.74 Å². The fourth-order valence-electron chi connectivity index (χ4n) is 2.80. The summed E-state index contributed by atoms with van der Waals surface area (Å²) in [4.78, 5) is 20.2. The maximum absolute atomic E-state index is 14.1. The molecule has 0 aromatic carbocycles. The molecule has 1 aliphatic rings. The van der Waals surface area contributed by atoms with Gasteiger partial charge in [0.1, 0.15) is 10.2 Å². The monoisotopic (exact) mass is 387 g/mol. The Morgan fingerprint density at radius 2 is 1.87 bits per heavy atom. The van der Waals surface area contributed by atoms with Crippen molar-refractivity contribution in [3.05, 3.63) is 22.6 Å². The van der Waals surface area contributed by atoms with Crippen molar-refractivity contribution in [2.75, 3.05) is 18.0 Å². The zero-order valence-corrected chi connectivity index (χ0v) is 15.7. The number of nitrogens with zero attached hydrogens (tertiary/aromatic N) is 3. The first-order valence-corrected chi connectivity index (χ1v) is 8.46. The average molecular weight is 388 g/mol. The molecule has 1 saturated heterocycles. The van der Waals surface area contributed by atoms with Gasteiger partial charge < -0.3 is 9.64 Å². The Balaban J connectivity index is 2.16. The molecule has 128 valence electrons. The second-order valence-corrected chi connectivity index (χ2v) is 7.74. The summed E-state index contributed by atoms with van der Waals surface area (Å²) in [6.07, 6.45) is -0.333. The molecule has 2 atom stereocenters. The quantitative estimate of drug-likeness (QED) is 0.687. The van der Waals surface area contributed by atoms with Crippen LogP contribution in [0.5, 0.6) is 0 Å². The van der Waals surface area contributed by atoms with Crippen molar-refractivity contribution in [2.45, 2.75) is 52.3 Å². The molecule has 0 radical (unpaired) electrons. The van der Waals surface area contributed by atoms with Crippen molar-refractivity contribution in [1.29, 1.82) is 0 Å². The van der Waals surface area contributed by atoms with E-state index in [4.69, 9.17) is 4.74 Å². The highest BCUT2D eigenvalue weighted by Crippen LogP contribution is 2.26. The summed E-state index contributed by atoms with van der Waals surface area (Å²) in [6, 6.07) is 2.76. The highest BCUT2D eigenvalue weighted by Gasteiger charge is 2.36. The number of amides is 1. The molecule has 2 rings (SSSR count). The zero-order chi connectivity index (χ0) is 17.4. The van der Waals surface area contributed by atoms with Crippen molar-refractivity contribution in [3.63, 3.8) is 0 Å². The number of hydrogen-bond donors (Lipinski definition) is 0. The minimum atomic E-state index is -0.536. The van der Waals surface area contributed by atoms with Gasteiger partial charge in [0.2, 0.25) is 0 Å². The largest absolute Gasteiger partial charge is 0.444 e. The van der Waals surface area contributed by atoms with E-state index in [-0.39, 0.29) is 24.0 Å². The number of hydrogen-bond acceptors (Lipinski definition) is 4. The number of pyridine rings is 1. The third-order valence-corrected chi connectivity index (χ3v) is 4.06. The summed E-state index contributed by atoms with van der Waals surface area (Å²) >= 11 is 3.27. The Morgan fingerprint density at radius 3 is 2.39 bits per heavy atom. The molecule has 23 heavy (non-hydrogen) atoms. The number of halogens is 2. The van der Waals surface area contributed by atoms with E-state index in [1.165, 1.54) is 6.07 Å². The first-order chi connectivity index (χ1) is 10.6. The van der Waals surface area contributed by atoms with E-state index in [1.807, 2.05) is 39.5 Å². The maximum Gasteiger partial charge on any atom is 0.410 e. The van der Waals surface area contributed by atoms with Gasteiger partial charge in [-0.2, -0.15) is 0 Å². The molecule has 1 aromatic heterocycles. The summed E-state index contributed by atoms with van der Waals surface area (Å²) in [5.41, 5.74) is -0.536. The van der Waals surface area contributed by atoms with Crippen LogP contribution in [-0.4, -0.2) is 46.8 Å². The number of anilines is 1. The van der Waals surface area contributed by atoms with Gasteiger partial charge >= 0.3 is 6.09 Å². The Kier molecular flexibility index (Phi) is 5.18. The third-order valence-electron chi connectivity index (χ3n) is 3.62. The Hall–Kier alpha value is -1.37. The van der Waals surface area contributed by atoms with Crippen LogP contribution in [0.3, 0.4) is 0 Å². The number of piperazine rings is 1. The van der Waals surface area contributed by atoms with Crippen LogP contribution in [0, 0.1) is 5.82 Å². The Labute approximate surface area is 144 Å². The highest BCUT2D eigenvalue weighted by atomic mass is 79.9. The summed E-state index contributed by atoms with van der Waals surface area (Å²) in [5.74, 6) is -0.0553. The fourth-order valence-corrected chi connectivity index (χ4v) is 3.10. The number of aromatic nitrogens is 1. The van der Waals surface area contributed by atoms with Gasteiger partial charge in [-0.15, -0.1) is 0 Å². The summed E-state index contributed by atoms with van der Waals surface area (Å²) in [7, 11) is 0. The van der Waals surface area contributed by atoms with Crippen LogP contribution in [0.25, 0.3) is 0 Å². The second kappa shape index (κ2) is 6.63. The van der Waals surface area contributed by atoms with Crippen LogP contribution in [0.4, 0.5) is 15.0 Å². The van der Waals surface area contributed by atoms with Crippen LogP contribution >= 0.6 is 15.9 Å². The molecule has 2 heterocycles. The lowest BCUT2D eigenvalue weighted by Gasteiger charge is -2.44. The van der Waals surface area contributed by atoms with Gasteiger partial charge in [-0.3, -0.25) is 4.90 Å². The second-order valence-electron chi connectivity index (χ2n) is 6.93. The molecular formula is C16H23BrFN3O2. The average Bonchev–Trinajstić information content (AvgIpc) is 2.38. The molecule has 0 N–H and O–H groups in total.